The summed E-state index contributed by atoms with van der Waals surface area (Å²) in [6, 6.07) is 21.3. The molecule has 0 saturated carbocycles. The number of benzene rings is 3. The molecule has 47 heavy (non-hydrogen) atoms. The summed E-state index contributed by atoms with van der Waals surface area (Å²) < 4.78 is 15.4. The number of hydrogen-bond acceptors (Lipinski definition) is 9. The summed E-state index contributed by atoms with van der Waals surface area (Å²) in [6.07, 6.45) is 0.0879. The Hall–Kier alpha value is -5.69. The summed E-state index contributed by atoms with van der Waals surface area (Å²) in [4.78, 5) is 48.8. The van der Waals surface area contributed by atoms with Gasteiger partial charge in [0.05, 0.1) is 62.6 Å². The maximum absolute atomic E-state index is 12.8. The first-order valence-electron chi connectivity index (χ1n) is 14.7. The zero-order valence-corrected chi connectivity index (χ0v) is 26.0. The molecule has 4 aromatic rings. The Labute approximate surface area is 270 Å². The highest BCUT2D eigenvalue weighted by Crippen LogP contribution is 2.32. The van der Waals surface area contributed by atoms with Crippen molar-refractivity contribution in [2.24, 2.45) is 10.1 Å². The second kappa shape index (κ2) is 17.1. The lowest BCUT2D eigenvalue weighted by Crippen LogP contribution is -2.38. The minimum atomic E-state index is -0.491. The molecule has 0 saturated heterocycles. The van der Waals surface area contributed by atoms with Gasteiger partial charge in [-0.15, -0.1) is 0 Å². The zero-order valence-electron chi connectivity index (χ0n) is 26.0. The molecule has 14 heteroatoms. The third-order valence-electron chi connectivity index (χ3n) is 7.02. The number of aliphatic imine (C=N–C) groups is 1. The number of nitrogens with zero attached hydrogens (tertiary/aromatic N) is 5. The van der Waals surface area contributed by atoms with Gasteiger partial charge in [0.1, 0.15) is 0 Å². The Bertz CT molecular complexity index is 1770. The molecule has 3 N–H and O–H groups in total. The van der Waals surface area contributed by atoms with Gasteiger partial charge in [0.25, 0.3) is 0 Å². The maximum Gasteiger partial charge on any atom is 0.337 e. The molecule has 0 fully saturated rings. The standard InChI is InChI=1S/C33H35N7O7/c1-40(29(42)21-35-28(41)14-16-46-18-19-47-17-15-36-39-34)25-11-9-24(10-12-25)37-31(22-6-4-3-5-7-22)30-26-13-8-23(33(44)45-2)20-27(26)38-32(30)43/h3-13,20,38,43H,14-19,21H2,1-2H3,(H,35,41). The number of esters is 1. The number of aromatic amines is 1. The van der Waals surface area contributed by atoms with E-state index in [-0.39, 0.29) is 43.8 Å². The fourth-order valence-electron chi connectivity index (χ4n) is 4.57. The lowest BCUT2D eigenvalue weighted by atomic mass is 10.00. The summed E-state index contributed by atoms with van der Waals surface area (Å²) >= 11 is 0. The fraction of sp³-hybridized carbons (Fsp3) is 0.273. The number of hydrogen-bond donors (Lipinski definition) is 3. The van der Waals surface area contributed by atoms with Gasteiger partial charge in [-0.3, -0.25) is 9.59 Å². The van der Waals surface area contributed by atoms with Crippen LogP contribution in [0.25, 0.3) is 21.3 Å². The van der Waals surface area contributed by atoms with E-state index in [1.54, 1.807) is 49.5 Å². The van der Waals surface area contributed by atoms with Gasteiger partial charge in [-0.25, -0.2) is 9.79 Å². The largest absolute Gasteiger partial charge is 0.494 e. The Kier molecular flexibility index (Phi) is 12.5. The van der Waals surface area contributed by atoms with E-state index in [0.717, 1.165) is 5.56 Å². The van der Waals surface area contributed by atoms with E-state index >= 15 is 0 Å². The third kappa shape index (κ3) is 9.41. The van der Waals surface area contributed by atoms with Crippen LogP contribution in [0.2, 0.25) is 0 Å². The molecule has 1 heterocycles. The number of aromatic nitrogens is 1. The number of nitrogens with one attached hydrogen (secondary N) is 2. The van der Waals surface area contributed by atoms with E-state index in [1.807, 2.05) is 30.3 Å². The van der Waals surface area contributed by atoms with Crippen LogP contribution in [0.15, 0.2) is 82.9 Å². The summed E-state index contributed by atoms with van der Waals surface area (Å²) in [6.45, 7) is 1.13. The Balaban J connectivity index is 1.39. The highest BCUT2D eigenvalue weighted by molar-refractivity contribution is 6.22. The number of carbonyl (C=O) groups excluding carboxylic acids is 3. The first-order valence-corrected chi connectivity index (χ1v) is 14.7. The van der Waals surface area contributed by atoms with Crippen molar-refractivity contribution in [2.45, 2.75) is 6.42 Å². The highest BCUT2D eigenvalue weighted by Gasteiger charge is 2.20. The molecular formula is C33H35N7O7. The monoisotopic (exact) mass is 641 g/mol. The number of rotatable bonds is 16. The molecule has 4 rings (SSSR count). The van der Waals surface area contributed by atoms with Gasteiger partial charge in [-0.2, -0.15) is 0 Å². The van der Waals surface area contributed by atoms with Crippen LogP contribution < -0.4 is 10.2 Å². The van der Waals surface area contributed by atoms with Crippen LogP contribution in [0.3, 0.4) is 0 Å². The molecule has 0 aliphatic carbocycles. The number of likely N-dealkylation sites (N-methyl/N-ethyl adjacent to an activating group) is 1. The van der Waals surface area contributed by atoms with Crippen molar-refractivity contribution in [1.82, 2.24) is 10.3 Å². The Morgan fingerprint density at radius 1 is 0.957 bits per heavy atom. The van der Waals surface area contributed by atoms with Crippen molar-refractivity contribution in [3.63, 3.8) is 0 Å². The number of fused-ring (bicyclic) bond motifs is 1. The summed E-state index contributed by atoms with van der Waals surface area (Å²) in [5, 5.41) is 17.6. The van der Waals surface area contributed by atoms with Crippen molar-refractivity contribution in [1.29, 1.82) is 0 Å². The van der Waals surface area contributed by atoms with Crippen LogP contribution in [-0.2, 0) is 23.8 Å². The first kappa shape index (κ1) is 34.2. The molecule has 0 unspecified atom stereocenters. The van der Waals surface area contributed by atoms with Crippen molar-refractivity contribution >= 4 is 45.8 Å². The van der Waals surface area contributed by atoms with Crippen molar-refractivity contribution in [3.8, 4) is 5.88 Å². The van der Waals surface area contributed by atoms with E-state index in [0.29, 0.717) is 58.9 Å². The first-order chi connectivity index (χ1) is 22.8. The molecule has 3 aromatic carbocycles. The lowest BCUT2D eigenvalue weighted by Gasteiger charge is -2.18. The molecule has 0 spiro atoms. The van der Waals surface area contributed by atoms with Gasteiger partial charge in [-0.1, -0.05) is 41.5 Å². The predicted molar refractivity (Wildman–Crippen MR) is 176 cm³/mol. The van der Waals surface area contributed by atoms with Crippen LogP contribution in [0.5, 0.6) is 5.88 Å². The molecule has 0 radical (unpaired) electrons. The molecule has 0 atom stereocenters. The maximum atomic E-state index is 12.8. The van der Waals surface area contributed by atoms with Crippen molar-refractivity contribution < 1.29 is 33.7 Å². The predicted octanol–water partition coefficient (Wildman–Crippen LogP) is 4.64. The summed E-state index contributed by atoms with van der Waals surface area (Å²) in [5.41, 5.74) is 12.0. The summed E-state index contributed by atoms with van der Waals surface area (Å²) in [7, 11) is 2.92. The molecule has 0 aliphatic rings. The molecule has 0 aliphatic heterocycles. The zero-order chi connectivity index (χ0) is 33.6. The lowest BCUT2D eigenvalue weighted by molar-refractivity contribution is -0.125. The molecular weight excluding hydrogens is 606 g/mol. The van der Waals surface area contributed by atoms with Gasteiger partial charge in [0, 0.05) is 47.1 Å². The van der Waals surface area contributed by atoms with Crippen LogP contribution >= 0.6 is 0 Å². The Morgan fingerprint density at radius 3 is 2.38 bits per heavy atom. The SMILES string of the molecule is COC(=O)c1ccc2c(C(=Nc3ccc(N(C)C(=O)CNC(=O)CCOCCOCCN=[N+]=[N-])cc3)c3ccccc3)c(O)[nH]c2c1. The Morgan fingerprint density at radius 2 is 1.68 bits per heavy atom. The van der Waals surface area contributed by atoms with E-state index in [2.05, 4.69) is 20.3 Å². The number of anilines is 1. The van der Waals surface area contributed by atoms with Crippen molar-refractivity contribution in [2.75, 3.05) is 58.6 Å². The van der Waals surface area contributed by atoms with Crippen molar-refractivity contribution in [3.05, 3.63) is 99.9 Å². The fourth-order valence-corrected chi connectivity index (χ4v) is 4.57. The van der Waals surface area contributed by atoms with Crippen LogP contribution in [0.4, 0.5) is 11.4 Å². The van der Waals surface area contributed by atoms with Gasteiger partial charge in [0.2, 0.25) is 11.8 Å². The topological polar surface area (TPSA) is 191 Å². The normalized spacial score (nSPS) is 11.1. The summed E-state index contributed by atoms with van der Waals surface area (Å²) in [5.74, 6) is -1.23. The van der Waals surface area contributed by atoms with Gasteiger partial charge < -0.3 is 34.5 Å². The molecule has 2 amide bonds. The number of carbonyl (C=O) groups is 3. The second-order valence-electron chi connectivity index (χ2n) is 10.1. The average Bonchev–Trinajstić information content (AvgIpc) is 3.43. The number of aromatic hydroxyl groups is 1. The van der Waals surface area contributed by atoms with Gasteiger partial charge in [-0.05, 0) is 41.9 Å². The molecule has 0 bridgehead atoms. The molecule has 14 nitrogen and oxygen atoms in total. The van der Waals surface area contributed by atoms with E-state index in [9.17, 15) is 19.5 Å². The van der Waals surface area contributed by atoms with E-state index in [1.165, 1.54) is 12.0 Å². The smallest absolute Gasteiger partial charge is 0.337 e. The van der Waals surface area contributed by atoms with E-state index in [4.69, 9.17) is 24.7 Å². The number of H-pyrrole nitrogens is 1. The van der Waals surface area contributed by atoms with Crippen LogP contribution in [0, 0.1) is 0 Å². The highest BCUT2D eigenvalue weighted by atomic mass is 16.5. The molecule has 1 aromatic heterocycles. The molecule has 244 valence electrons. The van der Waals surface area contributed by atoms with Gasteiger partial charge >= 0.3 is 5.97 Å². The average molecular weight is 642 g/mol. The number of methoxy groups -OCH3 is 1. The minimum Gasteiger partial charge on any atom is -0.494 e. The van der Waals surface area contributed by atoms with E-state index < -0.39 is 5.97 Å². The second-order valence-corrected chi connectivity index (χ2v) is 10.1. The van der Waals surface area contributed by atoms with Gasteiger partial charge in [0.15, 0.2) is 5.88 Å². The van der Waals surface area contributed by atoms with Crippen LogP contribution in [-0.4, -0.2) is 87.3 Å². The third-order valence-corrected chi connectivity index (χ3v) is 7.02. The minimum absolute atomic E-state index is 0.0879. The number of amides is 2. The number of ether oxygens (including phenoxy) is 3. The quantitative estimate of drug-likeness (QED) is 0.0396. The van der Waals surface area contributed by atoms with Crippen LogP contribution in [0.1, 0.15) is 27.9 Å². The number of azide groups is 1.